The molecule has 0 spiro atoms. The molecule has 0 radical (unpaired) electrons. The van der Waals surface area contributed by atoms with Crippen LogP contribution in [0.4, 0.5) is 0 Å². The van der Waals surface area contributed by atoms with E-state index in [1.807, 2.05) is 55.5 Å². The van der Waals surface area contributed by atoms with Crippen LogP contribution >= 0.6 is 12.4 Å². The van der Waals surface area contributed by atoms with Crippen LogP contribution in [0, 0.1) is 0 Å². The van der Waals surface area contributed by atoms with Crippen molar-refractivity contribution in [3.63, 3.8) is 0 Å². The molecule has 2 aromatic carbocycles. The molecule has 2 bridgehead atoms. The van der Waals surface area contributed by atoms with E-state index in [0.29, 0.717) is 35.5 Å². The number of nitrogens with one attached hydrogen (secondary N) is 1. The number of hydrogen-bond donors (Lipinski definition) is 1. The first-order valence-electron chi connectivity index (χ1n) is 9.80. The van der Waals surface area contributed by atoms with Gasteiger partial charge < -0.3 is 19.7 Å². The number of carbonyl (C=O) groups is 1. The number of nitrogens with zero attached hydrogens (tertiary/aromatic N) is 1. The lowest BCUT2D eigenvalue weighted by atomic mass is 10.1. The van der Waals surface area contributed by atoms with E-state index >= 15 is 0 Å². The zero-order valence-electron chi connectivity index (χ0n) is 16.1. The Morgan fingerprint density at radius 3 is 2.46 bits per heavy atom. The molecule has 1 N–H and O–H groups in total. The average Bonchev–Trinajstić information content (AvgIpc) is 2.96. The van der Waals surface area contributed by atoms with Crippen LogP contribution < -0.4 is 14.8 Å². The summed E-state index contributed by atoms with van der Waals surface area (Å²) in [6.07, 6.45) is 3.17. The Morgan fingerprint density at radius 2 is 1.68 bits per heavy atom. The number of hydrogen-bond acceptors (Lipinski definition) is 4. The summed E-state index contributed by atoms with van der Waals surface area (Å²) in [6.45, 7) is 4.35. The Labute approximate surface area is 172 Å². The van der Waals surface area contributed by atoms with Crippen LogP contribution in [0.3, 0.4) is 0 Å². The van der Waals surface area contributed by atoms with Gasteiger partial charge in [-0.2, -0.15) is 0 Å². The number of rotatable bonds is 5. The quantitative estimate of drug-likeness (QED) is 0.811. The highest BCUT2D eigenvalue weighted by molar-refractivity contribution is 5.97. The minimum absolute atomic E-state index is 0. The smallest absolute Gasteiger partial charge is 0.258 e. The third kappa shape index (κ3) is 4.10. The van der Waals surface area contributed by atoms with Crippen LogP contribution in [0.15, 0.2) is 48.5 Å². The van der Waals surface area contributed by atoms with Crippen molar-refractivity contribution >= 4 is 18.3 Å². The first kappa shape index (κ1) is 20.5. The number of ether oxygens (including phenoxy) is 2. The Kier molecular flexibility index (Phi) is 6.81. The number of benzene rings is 2. The van der Waals surface area contributed by atoms with Crippen LogP contribution in [0.5, 0.6) is 17.2 Å². The molecule has 28 heavy (non-hydrogen) atoms. The molecule has 2 heterocycles. The number of fused-ring (bicyclic) bond motifs is 2. The standard InChI is InChI=1S/C22H26N2O3.ClH/c1-2-26-20-9-5-6-10-21(20)27-19-8-4-3-7-18(19)22(25)24-16-11-12-17(24)15-23-14-13-16;/h3-10,16-17,23H,2,11-15H2,1H3;1H. The monoisotopic (exact) mass is 402 g/mol. The second kappa shape index (κ2) is 9.30. The molecule has 5 nitrogen and oxygen atoms in total. The predicted molar refractivity (Wildman–Crippen MR) is 112 cm³/mol. The van der Waals surface area contributed by atoms with Gasteiger partial charge in [0.1, 0.15) is 5.75 Å². The zero-order chi connectivity index (χ0) is 18.6. The lowest BCUT2D eigenvalue weighted by Gasteiger charge is -2.28. The summed E-state index contributed by atoms with van der Waals surface area (Å²) in [5.41, 5.74) is 0.614. The van der Waals surface area contributed by atoms with Crippen molar-refractivity contribution in [2.45, 2.75) is 38.3 Å². The van der Waals surface area contributed by atoms with Gasteiger partial charge >= 0.3 is 0 Å². The second-order valence-electron chi connectivity index (χ2n) is 7.07. The summed E-state index contributed by atoms with van der Waals surface area (Å²) >= 11 is 0. The van der Waals surface area contributed by atoms with Gasteiger partial charge in [0.2, 0.25) is 0 Å². The highest BCUT2D eigenvalue weighted by Gasteiger charge is 2.39. The average molecular weight is 403 g/mol. The largest absolute Gasteiger partial charge is 0.490 e. The number of halogens is 1. The first-order valence-corrected chi connectivity index (χ1v) is 9.80. The zero-order valence-corrected chi connectivity index (χ0v) is 16.9. The van der Waals surface area contributed by atoms with E-state index in [0.717, 1.165) is 32.4 Å². The molecule has 0 saturated carbocycles. The fourth-order valence-electron chi connectivity index (χ4n) is 4.11. The van der Waals surface area contributed by atoms with E-state index < -0.39 is 0 Å². The molecule has 2 unspecified atom stereocenters. The molecule has 2 aliphatic rings. The maximum Gasteiger partial charge on any atom is 0.258 e. The van der Waals surface area contributed by atoms with Crippen molar-refractivity contribution in [3.05, 3.63) is 54.1 Å². The Balaban J connectivity index is 0.00000225. The van der Waals surface area contributed by atoms with E-state index in [1.165, 1.54) is 0 Å². The molecule has 2 fully saturated rings. The number of para-hydroxylation sites is 3. The van der Waals surface area contributed by atoms with E-state index in [4.69, 9.17) is 9.47 Å². The van der Waals surface area contributed by atoms with E-state index in [9.17, 15) is 4.79 Å². The van der Waals surface area contributed by atoms with E-state index in [2.05, 4.69) is 10.2 Å². The molecule has 0 aliphatic carbocycles. The van der Waals surface area contributed by atoms with Crippen molar-refractivity contribution in [3.8, 4) is 17.2 Å². The van der Waals surface area contributed by atoms with Gasteiger partial charge in [0.05, 0.1) is 12.2 Å². The lowest BCUT2D eigenvalue weighted by Crippen LogP contribution is -2.42. The molecular weight excluding hydrogens is 376 g/mol. The topological polar surface area (TPSA) is 50.8 Å². The van der Waals surface area contributed by atoms with Gasteiger partial charge in [0, 0.05) is 18.6 Å². The number of carbonyl (C=O) groups excluding carboxylic acids is 1. The van der Waals surface area contributed by atoms with Crippen LogP contribution in [0.2, 0.25) is 0 Å². The third-order valence-electron chi connectivity index (χ3n) is 5.38. The van der Waals surface area contributed by atoms with Crippen molar-refractivity contribution in [2.24, 2.45) is 0 Å². The van der Waals surface area contributed by atoms with Crippen molar-refractivity contribution in [1.82, 2.24) is 10.2 Å². The molecule has 150 valence electrons. The highest BCUT2D eigenvalue weighted by Crippen LogP contribution is 2.35. The fourth-order valence-corrected chi connectivity index (χ4v) is 4.11. The van der Waals surface area contributed by atoms with Crippen molar-refractivity contribution in [2.75, 3.05) is 19.7 Å². The van der Waals surface area contributed by atoms with Crippen molar-refractivity contribution < 1.29 is 14.3 Å². The third-order valence-corrected chi connectivity index (χ3v) is 5.38. The van der Waals surface area contributed by atoms with Gasteiger partial charge in [-0.1, -0.05) is 24.3 Å². The highest BCUT2D eigenvalue weighted by atomic mass is 35.5. The van der Waals surface area contributed by atoms with Gasteiger partial charge in [0.25, 0.3) is 5.91 Å². The minimum atomic E-state index is 0. The summed E-state index contributed by atoms with van der Waals surface area (Å²) in [4.78, 5) is 15.5. The maximum absolute atomic E-state index is 13.4. The SMILES string of the molecule is CCOc1ccccc1Oc1ccccc1C(=O)N1C2CCNCC1CC2.Cl. The summed E-state index contributed by atoms with van der Waals surface area (Å²) in [5, 5.41) is 3.45. The minimum Gasteiger partial charge on any atom is -0.490 e. The maximum atomic E-state index is 13.4. The van der Waals surface area contributed by atoms with Crippen LogP contribution in [-0.4, -0.2) is 42.6 Å². The molecule has 2 saturated heterocycles. The van der Waals surface area contributed by atoms with Crippen molar-refractivity contribution in [1.29, 1.82) is 0 Å². The van der Waals surface area contributed by atoms with Gasteiger partial charge in [-0.15, -0.1) is 12.4 Å². The van der Waals surface area contributed by atoms with Gasteiger partial charge in [-0.3, -0.25) is 4.79 Å². The van der Waals surface area contributed by atoms with Gasteiger partial charge in [-0.25, -0.2) is 0 Å². The van der Waals surface area contributed by atoms with Gasteiger partial charge in [0.15, 0.2) is 11.5 Å². The van der Waals surface area contributed by atoms with E-state index in [-0.39, 0.29) is 24.4 Å². The molecule has 1 amide bonds. The van der Waals surface area contributed by atoms with Crippen LogP contribution in [-0.2, 0) is 0 Å². The second-order valence-corrected chi connectivity index (χ2v) is 7.07. The number of amides is 1. The Bertz CT molecular complexity index is 800. The molecule has 2 aliphatic heterocycles. The van der Waals surface area contributed by atoms with Gasteiger partial charge in [-0.05, 0) is 57.0 Å². The van der Waals surface area contributed by atoms with E-state index in [1.54, 1.807) is 0 Å². The normalized spacial score (nSPS) is 20.8. The lowest BCUT2D eigenvalue weighted by molar-refractivity contribution is 0.0677. The summed E-state index contributed by atoms with van der Waals surface area (Å²) < 4.78 is 11.8. The molecule has 6 heteroatoms. The molecular formula is C22H27ClN2O3. The Hall–Kier alpha value is -2.24. The summed E-state index contributed by atoms with van der Waals surface area (Å²) in [5.74, 6) is 1.95. The van der Waals surface area contributed by atoms with Crippen LogP contribution in [0.1, 0.15) is 36.5 Å². The van der Waals surface area contributed by atoms with Crippen LogP contribution in [0.25, 0.3) is 0 Å². The molecule has 2 atom stereocenters. The Morgan fingerprint density at radius 1 is 1.00 bits per heavy atom. The first-order chi connectivity index (χ1) is 13.3. The predicted octanol–water partition coefficient (Wildman–Crippen LogP) is 4.27. The molecule has 2 aromatic rings. The fraction of sp³-hybridized carbons (Fsp3) is 0.409. The molecule has 0 aromatic heterocycles. The summed E-state index contributed by atoms with van der Waals surface area (Å²) in [7, 11) is 0. The molecule has 4 rings (SSSR count). The summed E-state index contributed by atoms with van der Waals surface area (Å²) in [6, 6.07) is 15.7.